The Bertz CT molecular complexity index is 1030. The molecule has 0 aliphatic carbocycles. The van der Waals surface area contributed by atoms with Gasteiger partial charge >= 0.3 is 0 Å². The second-order valence-corrected chi connectivity index (χ2v) is 6.99. The van der Waals surface area contributed by atoms with Crippen molar-refractivity contribution in [2.75, 3.05) is 23.5 Å². The highest BCUT2D eigenvalue weighted by molar-refractivity contribution is 6.14. The molecule has 0 bridgehead atoms. The Hall–Kier alpha value is -3.60. The van der Waals surface area contributed by atoms with E-state index < -0.39 is 6.04 Å². The maximum Gasteiger partial charge on any atom is 0.255 e. The van der Waals surface area contributed by atoms with Gasteiger partial charge in [0.1, 0.15) is 18.3 Å². The van der Waals surface area contributed by atoms with E-state index in [-0.39, 0.29) is 18.4 Å². The Morgan fingerprint density at radius 3 is 2.17 bits per heavy atom. The number of amides is 2. The Morgan fingerprint density at radius 1 is 0.862 bits per heavy atom. The second-order valence-electron chi connectivity index (χ2n) is 6.99. The molecular weight excluding hydrogens is 364 g/mol. The lowest BCUT2D eigenvalue weighted by Crippen LogP contribution is -2.56. The predicted octanol–water partition coefficient (Wildman–Crippen LogP) is 4.12. The minimum atomic E-state index is -0.746. The maximum atomic E-state index is 13.7. The first kappa shape index (κ1) is 18.7. The number of carbonyl (C=O) groups excluding carboxylic acids is 2. The van der Waals surface area contributed by atoms with Gasteiger partial charge in [0.25, 0.3) is 5.91 Å². The van der Waals surface area contributed by atoms with E-state index in [2.05, 4.69) is 0 Å². The molecule has 1 fully saturated rings. The third kappa shape index (κ3) is 3.47. The molecule has 1 heterocycles. The molecule has 3 aromatic carbocycles. The lowest BCUT2D eigenvalue weighted by molar-refractivity contribution is -0.128. The van der Waals surface area contributed by atoms with Crippen LogP contribution in [0, 0.1) is 6.92 Å². The van der Waals surface area contributed by atoms with Crippen molar-refractivity contribution in [1.29, 1.82) is 0 Å². The molecule has 1 saturated heterocycles. The van der Waals surface area contributed by atoms with Crippen molar-refractivity contribution in [3.05, 3.63) is 90.0 Å². The number of para-hydroxylation sites is 2. The van der Waals surface area contributed by atoms with Crippen molar-refractivity contribution in [2.45, 2.75) is 13.0 Å². The molecule has 1 aliphatic heterocycles. The number of hydrogen-bond acceptors (Lipinski definition) is 3. The van der Waals surface area contributed by atoms with Gasteiger partial charge < -0.3 is 9.64 Å². The van der Waals surface area contributed by atoms with Crippen molar-refractivity contribution in [3.8, 4) is 5.75 Å². The molecule has 1 atom stereocenters. The van der Waals surface area contributed by atoms with E-state index in [1.165, 1.54) is 0 Å². The van der Waals surface area contributed by atoms with E-state index in [0.29, 0.717) is 11.4 Å². The number of carbonyl (C=O) groups is 2. The van der Waals surface area contributed by atoms with Crippen LogP contribution in [0.1, 0.15) is 17.2 Å². The largest absolute Gasteiger partial charge is 0.497 e. The molecule has 4 rings (SSSR count). The van der Waals surface area contributed by atoms with Gasteiger partial charge in [0, 0.05) is 11.4 Å². The van der Waals surface area contributed by atoms with Crippen LogP contribution in [0.5, 0.6) is 5.75 Å². The Balaban J connectivity index is 1.82. The van der Waals surface area contributed by atoms with Crippen molar-refractivity contribution in [1.82, 2.24) is 0 Å². The first-order valence-electron chi connectivity index (χ1n) is 9.48. The second kappa shape index (κ2) is 7.80. The summed E-state index contributed by atoms with van der Waals surface area (Å²) in [6, 6.07) is 23.5. The Labute approximate surface area is 170 Å². The molecule has 29 heavy (non-hydrogen) atoms. The zero-order valence-corrected chi connectivity index (χ0v) is 16.4. The van der Waals surface area contributed by atoms with E-state index >= 15 is 0 Å². The summed E-state index contributed by atoms with van der Waals surface area (Å²) in [5.41, 5.74) is 3.16. The minimum Gasteiger partial charge on any atom is -0.497 e. The van der Waals surface area contributed by atoms with Crippen LogP contribution in [0.15, 0.2) is 78.9 Å². The van der Waals surface area contributed by atoms with Gasteiger partial charge in [-0.25, -0.2) is 0 Å². The van der Waals surface area contributed by atoms with Crippen molar-refractivity contribution >= 4 is 23.2 Å². The molecule has 0 saturated carbocycles. The van der Waals surface area contributed by atoms with Crippen LogP contribution in [0.3, 0.4) is 0 Å². The summed E-state index contributed by atoms with van der Waals surface area (Å²) in [5.74, 6) is 0.443. The average Bonchev–Trinajstić information content (AvgIpc) is 2.76. The quantitative estimate of drug-likeness (QED) is 0.678. The van der Waals surface area contributed by atoms with Crippen LogP contribution in [-0.2, 0) is 9.59 Å². The summed E-state index contributed by atoms with van der Waals surface area (Å²) in [6.07, 6.45) is 0. The fourth-order valence-corrected chi connectivity index (χ4v) is 3.72. The number of aryl methyl sites for hydroxylation is 1. The average molecular weight is 386 g/mol. The molecule has 2 amide bonds. The number of anilines is 2. The number of methoxy groups -OCH3 is 1. The van der Waals surface area contributed by atoms with Crippen molar-refractivity contribution in [2.24, 2.45) is 0 Å². The molecule has 0 unspecified atom stereocenters. The van der Waals surface area contributed by atoms with Gasteiger partial charge in [-0.15, -0.1) is 0 Å². The molecule has 5 nitrogen and oxygen atoms in total. The van der Waals surface area contributed by atoms with E-state index in [4.69, 9.17) is 4.74 Å². The fourth-order valence-electron chi connectivity index (χ4n) is 3.72. The molecule has 5 heteroatoms. The SMILES string of the molecule is COc1ccc([C@@H]2C(=O)N(c3ccccc3C)CC(=O)N2c2ccccc2)cc1. The third-order valence-electron chi connectivity index (χ3n) is 5.19. The first-order valence-corrected chi connectivity index (χ1v) is 9.48. The molecule has 0 N–H and O–H groups in total. The lowest BCUT2D eigenvalue weighted by Gasteiger charge is -2.41. The highest BCUT2D eigenvalue weighted by Crippen LogP contribution is 2.35. The van der Waals surface area contributed by atoms with Gasteiger partial charge in [-0.1, -0.05) is 48.5 Å². The summed E-state index contributed by atoms with van der Waals surface area (Å²) >= 11 is 0. The van der Waals surface area contributed by atoms with Gasteiger partial charge in [-0.3, -0.25) is 14.5 Å². The molecular formula is C24H22N2O3. The molecule has 0 spiro atoms. The topological polar surface area (TPSA) is 49.9 Å². The van der Waals surface area contributed by atoms with Crippen LogP contribution < -0.4 is 14.5 Å². The van der Waals surface area contributed by atoms with Crippen LogP contribution >= 0.6 is 0 Å². The van der Waals surface area contributed by atoms with Gasteiger partial charge in [-0.2, -0.15) is 0 Å². The number of nitrogens with zero attached hydrogens (tertiary/aromatic N) is 2. The van der Waals surface area contributed by atoms with Gasteiger partial charge in [0.05, 0.1) is 7.11 Å². The van der Waals surface area contributed by atoms with Crippen LogP contribution in [0.25, 0.3) is 0 Å². The summed E-state index contributed by atoms with van der Waals surface area (Å²) < 4.78 is 5.25. The highest BCUT2D eigenvalue weighted by atomic mass is 16.5. The minimum absolute atomic E-state index is 0.00519. The summed E-state index contributed by atoms with van der Waals surface area (Å²) in [7, 11) is 1.60. The van der Waals surface area contributed by atoms with E-state index in [1.807, 2.05) is 85.8 Å². The number of rotatable bonds is 4. The zero-order chi connectivity index (χ0) is 20.4. The summed E-state index contributed by atoms with van der Waals surface area (Å²) in [6.45, 7) is 1.95. The number of benzene rings is 3. The fraction of sp³-hybridized carbons (Fsp3) is 0.167. The Kier molecular flexibility index (Phi) is 5.04. The van der Waals surface area contributed by atoms with Crippen LogP contribution in [-0.4, -0.2) is 25.5 Å². The van der Waals surface area contributed by atoms with Crippen molar-refractivity contribution < 1.29 is 14.3 Å². The normalized spacial score (nSPS) is 16.8. The van der Waals surface area contributed by atoms with Gasteiger partial charge in [0.15, 0.2) is 0 Å². The first-order chi connectivity index (χ1) is 14.1. The summed E-state index contributed by atoms with van der Waals surface area (Å²) in [5, 5.41) is 0. The van der Waals surface area contributed by atoms with E-state index in [0.717, 1.165) is 16.8 Å². The molecule has 146 valence electrons. The number of hydrogen-bond donors (Lipinski definition) is 0. The molecule has 0 radical (unpaired) electrons. The lowest BCUT2D eigenvalue weighted by atomic mass is 9.98. The molecule has 0 aromatic heterocycles. The standard InChI is InChI=1S/C24H22N2O3/c1-17-8-6-7-11-21(17)25-16-22(27)26(19-9-4-3-5-10-19)23(24(25)28)18-12-14-20(29-2)15-13-18/h3-15,23H,16H2,1-2H3/t23-/m1/s1. The van der Waals surface area contributed by atoms with Gasteiger partial charge in [-0.05, 0) is 48.4 Å². The van der Waals surface area contributed by atoms with Crippen LogP contribution in [0.2, 0.25) is 0 Å². The third-order valence-corrected chi connectivity index (χ3v) is 5.19. The predicted molar refractivity (Wildman–Crippen MR) is 113 cm³/mol. The molecule has 3 aromatic rings. The number of ether oxygens (including phenoxy) is 1. The highest BCUT2D eigenvalue weighted by Gasteiger charge is 2.42. The number of piperazine rings is 1. The maximum absolute atomic E-state index is 13.7. The zero-order valence-electron chi connectivity index (χ0n) is 16.4. The van der Waals surface area contributed by atoms with Crippen LogP contribution in [0.4, 0.5) is 11.4 Å². The molecule has 1 aliphatic rings. The summed E-state index contributed by atoms with van der Waals surface area (Å²) in [4.78, 5) is 30.1. The van der Waals surface area contributed by atoms with E-state index in [1.54, 1.807) is 16.9 Å². The smallest absolute Gasteiger partial charge is 0.255 e. The van der Waals surface area contributed by atoms with Crippen molar-refractivity contribution in [3.63, 3.8) is 0 Å². The van der Waals surface area contributed by atoms with Gasteiger partial charge in [0.2, 0.25) is 5.91 Å². The monoisotopic (exact) mass is 386 g/mol. The van der Waals surface area contributed by atoms with E-state index in [9.17, 15) is 9.59 Å². The Morgan fingerprint density at radius 2 is 1.52 bits per heavy atom.